The molecule has 3 N–H and O–H groups in total. The zero-order valence-corrected chi connectivity index (χ0v) is 9.50. The summed E-state index contributed by atoms with van der Waals surface area (Å²) in [5.41, 5.74) is 6.79. The number of hydroxylamine groups is 1. The maximum Gasteiger partial charge on any atom is 0.414 e. The maximum absolute atomic E-state index is 11.8. The number of urea groups is 1. The van der Waals surface area contributed by atoms with Crippen LogP contribution in [0.4, 0.5) is 18.0 Å². The summed E-state index contributed by atoms with van der Waals surface area (Å²) >= 11 is 0. The molecule has 1 rings (SSSR count). The van der Waals surface area contributed by atoms with E-state index < -0.39 is 30.6 Å². The van der Waals surface area contributed by atoms with Gasteiger partial charge in [-0.15, -0.1) is 0 Å². The predicted molar refractivity (Wildman–Crippen MR) is 54.0 cm³/mol. The Kier molecular flexibility index (Phi) is 4.76. The van der Waals surface area contributed by atoms with Gasteiger partial charge < -0.3 is 10.6 Å². The first-order valence-corrected chi connectivity index (χ1v) is 5.32. The summed E-state index contributed by atoms with van der Waals surface area (Å²) in [6, 6.07) is -0.649. The van der Waals surface area contributed by atoms with E-state index in [-0.39, 0.29) is 6.54 Å². The van der Waals surface area contributed by atoms with Crippen molar-refractivity contribution in [1.29, 1.82) is 0 Å². The van der Waals surface area contributed by atoms with Gasteiger partial charge in [0.1, 0.15) is 0 Å². The molecule has 0 aromatic rings. The molecule has 1 heterocycles. The maximum atomic E-state index is 11.8. The molecule has 0 bridgehead atoms. The van der Waals surface area contributed by atoms with Crippen molar-refractivity contribution in [2.75, 3.05) is 19.7 Å². The summed E-state index contributed by atoms with van der Waals surface area (Å²) < 4.78 is 35.3. The van der Waals surface area contributed by atoms with Gasteiger partial charge in [-0.25, -0.2) is 10.3 Å². The number of carbonyl (C=O) groups excluding carboxylic acids is 2. The number of alkyl halides is 3. The van der Waals surface area contributed by atoms with E-state index in [0.717, 1.165) is 0 Å². The molecule has 0 aromatic heterocycles. The molecule has 9 heteroatoms. The molecule has 0 spiro atoms. The van der Waals surface area contributed by atoms with Crippen LogP contribution in [0.1, 0.15) is 12.8 Å². The van der Waals surface area contributed by atoms with Crippen LogP contribution in [0.25, 0.3) is 0 Å². The van der Waals surface area contributed by atoms with Crippen LogP contribution in [0.3, 0.4) is 0 Å². The molecule has 1 aliphatic heterocycles. The van der Waals surface area contributed by atoms with E-state index in [1.165, 1.54) is 4.90 Å². The molecule has 104 valence electrons. The van der Waals surface area contributed by atoms with Crippen molar-refractivity contribution in [2.45, 2.75) is 19.0 Å². The first-order chi connectivity index (χ1) is 8.29. The molecule has 18 heavy (non-hydrogen) atoms. The lowest BCUT2D eigenvalue weighted by molar-refractivity contribution is -0.193. The number of amides is 3. The summed E-state index contributed by atoms with van der Waals surface area (Å²) in [6.07, 6.45) is -3.45. The van der Waals surface area contributed by atoms with Crippen molar-refractivity contribution in [3.8, 4) is 0 Å². The average molecular weight is 269 g/mol. The van der Waals surface area contributed by atoms with Crippen LogP contribution in [0, 0.1) is 5.92 Å². The minimum absolute atomic E-state index is 0.0938. The fourth-order valence-corrected chi connectivity index (χ4v) is 1.66. The number of rotatable bonds is 3. The molecule has 1 atom stereocenters. The fraction of sp³-hybridized carbons (Fsp3) is 0.778. The quantitative estimate of drug-likeness (QED) is 0.727. The molecule has 1 saturated heterocycles. The van der Waals surface area contributed by atoms with Crippen molar-refractivity contribution in [1.82, 2.24) is 10.4 Å². The van der Waals surface area contributed by atoms with Crippen LogP contribution >= 0.6 is 0 Å². The van der Waals surface area contributed by atoms with Gasteiger partial charge in [-0.3, -0.25) is 9.63 Å². The van der Waals surface area contributed by atoms with Crippen LogP contribution in [-0.4, -0.2) is 42.7 Å². The monoisotopic (exact) mass is 269 g/mol. The molecule has 3 amide bonds. The number of nitrogens with zero attached hydrogens (tertiary/aromatic N) is 1. The van der Waals surface area contributed by atoms with Gasteiger partial charge in [-0.2, -0.15) is 13.2 Å². The highest BCUT2D eigenvalue weighted by Gasteiger charge is 2.30. The number of nitrogens with two attached hydrogens (primary N) is 1. The Bertz CT molecular complexity index is 322. The van der Waals surface area contributed by atoms with Crippen molar-refractivity contribution >= 4 is 11.9 Å². The van der Waals surface area contributed by atoms with E-state index in [0.29, 0.717) is 19.4 Å². The van der Waals surface area contributed by atoms with Crippen LogP contribution in [0.15, 0.2) is 0 Å². The Labute approximate surface area is 101 Å². The number of hydrogen-bond donors (Lipinski definition) is 2. The van der Waals surface area contributed by atoms with Gasteiger partial charge in [-0.1, -0.05) is 0 Å². The van der Waals surface area contributed by atoms with E-state index >= 15 is 0 Å². The van der Waals surface area contributed by atoms with E-state index in [1.807, 2.05) is 0 Å². The number of halogens is 3. The fourth-order valence-electron chi connectivity index (χ4n) is 1.66. The summed E-state index contributed by atoms with van der Waals surface area (Å²) in [6.45, 7) is -1.01. The third kappa shape index (κ3) is 4.78. The molecule has 1 aliphatic rings. The second kappa shape index (κ2) is 5.89. The smallest absolute Gasteiger partial charge is 0.351 e. The first kappa shape index (κ1) is 14.6. The lowest BCUT2D eigenvalue weighted by Gasteiger charge is -2.30. The number of nitrogens with one attached hydrogen (secondary N) is 1. The van der Waals surface area contributed by atoms with Gasteiger partial charge in [0.05, 0.1) is 5.92 Å². The van der Waals surface area contributed by atoms with Crippen molar-refractivity contribution in [3.63, 3.8) is 0 Å². The Morgan fingerprint density at radius 1 is 1.44 bits per heavy atom. The van der Waals surface area contributed by atoms with Gasteiger partial charge in [0.15, 0.2) is 6.61 Å². The summed E-state index contributed by atoms with van der Waals surface area (Å²) in [5.74, 6) is -1.27. The third-order valence-corrected chi connectivity index (χ3v) is 2.51. The Morgan fingerprint density at radius 2 is 2.11 bits per heavy atom. The first-order valence-electron chi connectivity index (χ1n) is 5.32. The lowest BCUT2D eigenvalue weighted by atomic mass is 9.98. The molecule has 1 fully saturated rings. The molecule has 1 unspecified atom stereocenters. The van der Waals surface area contributed by atoms with E-state index in [4.69, 9.17) is 5.73 Å². The van der Waals surface area contributed by atoms with E-state index in [1.54, 1.807) is 5.48 Å². The average Bonchev–Trinajstić information content (AvgIpc) is 2.27. The zero-order chi connectivity index (χ0) is 13.8. The second-order valence-corrected chi connectivity index (χ2v) is 3.99. The highest BCUT2D eigenvalue weighted by atomic mass is 19.4. The van der Waals surface area contributed by atoms with Gasteiger partial charge >= 0.3 is 12.2 Å². The normalized spacial score (nSPS) is 20.6. The van der Waals surface area contributed by atoms with Gasteiger partial charge in [0, 0.05) is 13.1 Å². The number of primary amides is 1. The van der Waals surface area contributed by atoms with Crippen molar-refractivity contribution in [2.24, 2.45) is 11.7 Å². The standard InChI is InChI=1S/C9H14F3N3O3/c10-9(11,12)5-18-14-7(16)6-2-1-3-15(4-6)8(13)17/h6H,1-5H2,(H2,13,17)(H,14,16). The van der Waals surface area contributed by atoms with E-state index in [9.17, 15) is 22.8 Å². The second-order valence-electron chi connectivity index (χ2n) is 3.99. The van der Waals surface area contributed by atoms with Crippen LogP contribution < -0.4 is 11.2 Å². The Hall–Kier alpha value is -1.51. The molecule has 0 saturated carbocycles. The van der Waals surface area contributed by atoms with Crippen molar-refractivity contribution < 1.29 is 27.6 Å². The minimum atomic E-state index is -4.50. The topological polar surface area (TPSA) is 84.7 Å². The summed E-state index contributed by atoms with van der Waals surface area (Å²) in [5, 5.41) is 0. The van der Waals surface area contributed by atoms with Crippen LogP contribution in [0.5, 0.6) is 0 Å². The largest absolute Gasteiger partial charge is 0.414 e. The number of carbonyl (C=O) groups is 2. The number of hydrogen-bond acceptors (Lipinski definition) is 3. The molecule has 6 nitrogen and oxygen atoms in total. The molecule has 0 aliphatic carbocycles. The predicted octanol–water partition coefficient (Wildman–Crippen LogP) is 0.387. The van der Waals surface area contributed by atoms with Crippen LogP contribution in [0.2, 0.25) is 0 Å². The molecular formula is C9H14F3N3O3. The van der Waals surface area contributed by atoms with E-state index in [2.05, 4.69) is 4.84 Å². The summed E-state index contributed by atoms with van der Waals surface area (Å²) in [7, 11) is 0. The zero-order valence-electron chi connectivity index (χ0n) is 9.50. The minimum Gasteiger partial charge on any atom is -0.351 e. The van der Waals surface area contributed by atoms with Crippen LogP contribution in [-0.2, 0) is 9.63 Å². The number of likely N-dealkylation sites (tertiary alicyclic amines) is 1. The lowest BCUT2D eigenvalue weighted by Crippen LogP contribution is -2.47. The number of piperidine rings is 1. The van der Waals surface area contributed by atoms with Gasteiger partial charge in [-0.05, 0) is 12.8 Å². The molecule has 0 radical (unpaired) electrons. The molecular weight excluding hydrogens is 255 g/mol. The highest BCUT2D eigenvalue weighted by molar-refractivity contribution is 5.79. The van der Waals surface area contributed by atoms with Gasteiger partial charge in [0.25, 0.3) is 0 Å². The summed E-state index contributed by atoms with van der Waals surface area (Å²) in [4.78, 5) is 27.7. The highest BCUT2D eigenvalue weighted by Crippen LogP contribution is 2.17. The third-order valence-electron chi connectivity index (χ3n) is 2.51. The molecule has 0 aromatic carbocycles. The van der Waals surface area contributed by atoms with Crippen molar-refractivity contribution in [3.05, 3.63) is 0 Å². The Morgan fingerprint density at radius 3 is 2.67 bits per heavy atom. The van der Waals surface area contributed by atoms with Gasteiger partial charge in [0.2, 0.25) is 5.91 Å². The SMILES string of the molecule is NC(=O)N1CCCC(C(=O)NOCC(F)(F)F)C1. The Balaban J connectivity index is 2.35.